The second kappa shape index (κ2) is 5.81. The number of nitrogen functional groups attached to an aromatic ring is 1. The summed E-state index contributed by atoms with van der Waals surface area (Å²) >= 11 is 3.48. The molecule has 0 aliphatic rings. The van der Waals surface area contributed by atoms with Crippen LogP contribution >= 0.6 is 15.9 Å². The van der Waals surface area contributed by atoms with Crippen LogP contribution in [0.1, 0.15) is 17.2 Å². The molecule has 1 heterocycles. The van der Waals surface area contributed by atoms with Crippen molar-refractivity contribution in [3.63, 3.8) is 0 Å². The smallest absolute Gasteiger partial charge is 0.0736 e. The van der Waals surface area contributed by atoms with E-state index in [1.54, 1.807) is 6.20 Å². The van der Waals surface area contributed by atoms with Crippen LogP contribution in [0.15, 0.2) is 59.3 Å². The highest BCUT2D eigenvalue weighted by Crippen LogP contribution is 2.32. The van der Waals surface area contributed by atoms with Crippen molar-refractivity contribution < 1.29 is 0 Å². The fourth-order valence-corrected chi connectivity index (χ4v) is 2.92. The molecule has 0 aliphatic heterocycles. The third kappa shape index (κ3) is 2.63. The first-order valence-corrected chi connectivity index (χ1v) is 7.33. The topological polar surface area (TPSA) is 77.0 Å². The summed E-state index contributed by atoms with van der Waals surface area (Å²) in [4.78, 5) is 4.16. The molecular formula is C16H15BrN4. The minimum absolute atomic E-state index is 0.186. The number of nitrogens with two attached hydrogens (primary N) is 2. The van der Waals surface area contributed by atoms with Gasteiger partial charge in [0, 0.05) is 27.9 Å². The molecule has 4 nitrogen and oxygen atoms in total. The molecule has 0 saturated heterocycles. The van der Waals surface area contributed by atoms with Crippen LogP contribution in [0, 0.1) is 0 Å². The van der Waals surface area contributed by atoms with Crippen LogP contribution in [0.2, 0.25) is 0 Å². The lowest BCUT2D eigenvalue weighted by Gasteiger charge is -2.20. The van der Waals surface area contributed by atoms with Gasteiger partial charge in [-0.15, -0.1) is 0 Å². The van der Waals surface area contributed by atoms with Gasteiger partial charge < -0.3 is 5.73 Å². The summed E-state index contributed by atoms with van der Waals surface area (Å²) in [7, 11) is 0. The fourth-order valence-electron chi connectivity index (χ4n) is 2.54. The molecule has 2 aromatic carbocycles. The normalized spacial score (nSPS) is 12.5. The van der Waals surface area contributed by atoms with Gasteiger partial charge >= 0.3 is 0 Å². The summed E-state index contributed by atoms with van der Waals surface area (Å²) in [6.07, 6.45) is 3.63. The maximum atomic E-state index is 6.12. The van der Waals surface area contributed by atoms with E-state index >= 15 is 0 Å². The van der Waals surface area contributed by atoms with Crippen molar-refractivity contribution in [3.05, 3.63) is 70.5 Å². The van der Waals surface area contributed by atoms with Gasteiger partial charge in [-0.05, 0) is 40.8 Å². The van der Waals surface area contributed by atoms with Gasteiger partial charge in [0.05, 0.1) is 6.04 Å². The van der Waals surface area contributed by atoms with Gasteiger partial charge in [0.25, 0.3) is 0 Å². The van der Waals surface area contributed by atoms with E-state index < -0.39 is 0 Å². The number of hydrogen-bond acceptors (Lipinski definition) is 4. The molecule has 0 bridgehead atoms. The number of pyridine rings is 1. The van der Waals surface area contributed by atoms with Crippen molar-refractivity contribution in [2.75, 3.05) is 5.73 Å². The van der Waals surface area contributed by atoms with Crippen LogP contribution < -0.4 is 17.0 Å². The lowest BCUT2D eigenvalue weighted by molar-refractivity contribution is 0.642. The van der Waals surface area contributed by atoms with E-state index in [9.17, 15) is 0 Å². The Morgan fingerprint density at radius 1 is 1.10 bits per heavy atom. The van der Waals surface area contributed by atoms with Gasteiger partial charge in [-0.1, -0.05) is 34.1 Å². The fraction of sp³-hybridized carbons (Fsp3) is 0.0625. The highest BCUT2D eigenvalue weighted by atomic mass is 79.9. The average molecular weight is 343 g/mol. The lowest BCUT2D eigenvalue weighted by Crippen LogP contribution is -2.29. The zero-order valence-corrected chi connectivity index (χ0v) is 12.8. The zero-order valence-electron chi connectivity index (χ0n) is 11.3. The second-order valence-corrected chi connectivity index (χ2v) is 5.73. The Balaban J connectivity index is 2.21. The minimum atomic E-state index is -0.186. The Morgan fingerprint density at radius 3 is 2.76 bits per heavy atom. The number of hydrazine groups is 1. The van der Waals surface area contributed by atoms with E-state index in [1.165, 1.54) is 0 Å². The molecular weight excluding hydrogens is 328 g/mol. The first kappa shape index (κ1) is 14.0. The molecule has 3 aromatic rings. The highest BCUT2D eigenvalue weighted by Gasteiger charge is 2.17. The highest BCUT2D eigenvalue weighted by molar-refractivity contribution is 9.10. The molecule has 0 radical (unpaired) electrons. The molecule has 0 amide bonds. The van der Waals surface area contributed by atoms with Gasteiger partial charge in [0.1, 0.15) is 0 Å². The standard InChI is InChI=1S/C16H15BrN4/c17-11-4-5-15(18)14(8-11)16(21-19)13-3-1-2-10-9-20-7-6-12(10)13/h1-9,16,21H,18-19H2. The minimum Gasteiger partial charge on any atom is -0.398 e. The van der Waals surface area contributed by atoms with Crippen molar-refractivity contribution in [3.8, 4) is 0 Å². The molecule has 1 unspecified atom stereocenters. The molecule has 0 aliphatic carbocycles. The van der Waals surface area contributed by atoms with E-state index in [0.29, 0.717) is 5.69 Å². The molecule has 5 N–H and O–H groups in total. The first-order chi connectivity index (χ1) is 10.2. The Bertz CT molecular complexity index is 783. The molecule has 106 valence electrons. The summed E-state index contributed by atoms with van der Waals surface area (Å²) < 4.78 is 0.967. The summed E-state index contributed by atoms with van der Waals surface area (Å²) in [5, 5.41) is 2.18. The van der Waals surface area contributed by atoms with E-state index in [-0.39, 0.29) is 6.04 Å². The van der Waals surface area contributed by atoms with Gasteiger partial charge in [0.2, 0.25) is 0 Å². The van der Waals surface area contributed by atoms with E-state index in [4.69, 9.17) is 11.6 Å². The molecule has 0 fully saturated rings. The third-order valence-corrected chi connectivity index (χ3v) is 4.05. The lowest BCUT2D eigenvalue weighted by atomic mass is 9.94. The van der Waals surface area contributed by atoms with E-state index in [1.807, 2.05) is 48.7 Å². The van der Waals surface area contributed by atoms with Gasteiger partial charge in [-0.25, -0.2) is 5.43 Å². The largest absolute Gasteiger partial charge is 0.398 e. The monoisotopic (exact) mass is 342 g/mol. The molecule has 0 spiro atoms. The Hall–Kier alpha value is -1.95. The van der Waals surface area contributed by atoms with E-state index in [0.717, 1.165) is 26.4 Å². The van der Waals surface area contributed by atoms with Crippen LogP contribution in [0.3, 0.4) is 0 Å². The number of hydrogen-bond donors (Lipinski definition) is 3. The maximum Gasteiger partial charge on any atom is 0.0736 e. The SMILES string of the molecule is NNC(c1cc(Br)ccc1N)c1cccc2cnccc12. The zero-order chi connectivity index (χ0) is 14.8. The number of anilines is 1. The molecule has 3 rings (SSSR count). The molecule has 1 aromatic heterocycles. The first-order valence-electron chi connectivity index (χ1n) is 6.54. The third-order valence-electron chi connectivity index (χ3n) is 3.55. The predicted octanol–water partition coefficient (Wildman–Crippen LogP) is 3.13. The number of nitrogens with zero attached hydrogens (tertiary/aromatic N) is 1. The van der Waals surface area contributed by atoms with Crippen molar-refractivity contribution in [1.82, 2.24) is 10.4 Å². The number of benzene rings is 2. The Kier molecular flexibility index (Phi) is 3.88. The van der Waals surface area contributed by atoms with Gasteiger partial charge in [0.15, 0.2) is 0 Å². The number of aromatic nitrogens is 1. The number of fused-ring (bicyclic) bond motifs is 1. The van der Waals surface area contributed by atoms with Gasteiger partial charge in [-0.2, -0.15) is 0 Å². The maximum absolute atomic E-state index is 6.12. The Morgan fingerprint density at radius 2 is 1.95 bits per heavy atom. The molecule has 21 heavy (non-hydrogen) atoms. The van der Waals surface area contributed by atoms with E-state index in [2.05, 4.69) is 26.3 Å². The summed E-state index contributed by atoms with van der Waals surface area (Å²) in [6, 6.07) is 13.7. The summed E-state index contributed by atoms with van der Waals surface area (Å²) in [5.41, 5.74) is 11.7. The average Bonchev–Trinajstić information content (AvgIpc) is 2.51. The van der Waals surface area contributed by atoms with Crippen LogP contribution in [-0.4, -0.2) is 4.98 Å². The van der Waals surface area contributed by atoms with Crippen molar-refractivity contribution >= 4 is 32.4 Å². The van der Waals surface area contributed by atoms with Crippen LogP contribution in [0.4, 0.5) is 5.69 Å². The number of nitrogens with one attached hydrogen (secondary N) is 1. The van der Waals surface area contributed by atoms with Crippen LogP contribution in [0.5, 0.6) is 0 Å². The predicted molar refractivity (Wildman–Crippen MR) is 89.5 cm³/mol. The van der Waals surface area contributed by atoms with Crippen molar-refractivity contribution in [2.24, 2.45) is 5.84 Å². The number of halogens is 1. The second-order valence-electron chi connectivity index (χ2n) is 4.82. The number of rotatable bonds is 3. The molecule has 5 heteroatoms. The van der Waals surface area contributed by atoms with Crippen molar-refractivity contribution in [2.45, 2.75) is 6.04 Å². The summed E-state index contributed by atoms with van der Waals surface area (Å²) in [6.45, 7) is 0. The quantitative estimate of drug-likeness (QED) is 0.388. The van der Waals surface area contributed by atoms with Crippen LogP contribution in [0.25, 0.3) is 10.8 Å². The molecule has 0 saturated carbocycles. The van der Waals surface area contributed by atoms with Crippen molar-refractivity contribution in [1.29, 1.82) is 0 Å². The van der Waals surface area contributed by atoms with Crippen LogP contribution in [-0.2, 0) is 0 Å². The van der Waals surface area contributed by atoms with Gasteiger partial charge in [-0.3, -0.25) is 10.8 Å². The molecule has 1 atom stereocenters. The Labute approximate surface area is 131 Å². The summed E-state index contributed by atoms with van der Waals surface area (Å²) in [5.74, 6) is 5.81.